The Morgan fingerprint density at radius 1 is 1.64 bits per heavy atom. The van der Waals surface area contributed by atoms with Crippen LogP contribution >= 0.6 is 0 Å². The minimum absolute atomic E-state index is 0.128. The molecule has 2 unspecified atom stereocenters. The van der Waals surface area contributed by atoms with Crippen molar-refractivity contribution in [3.05, 3.63) is 0 Å². The molecule has 11 heavy (non-hydrogen) atoms. The zero-order valence-corrected chi connectivity index (χ0v) is 7.08. The maximum Gasteiger partial charge on any atom is 0.0959 e. The van der Waals surface area contributed by atoms with Crippen molar-refractivity contribution >= 4 is 0 Å². The van der Waals surface area contributed by atoms with Crippen molar-refractivity contribution < 1.29 is 9.47 Å². The molecule has 0 radical (unpaired) electrons. The predicted molar refractivity (Wildman–Crippen MR) is 43.4 cm³/mol. The quantitative estimate of drug-likeness (QED) is 0.653. The van der Waals surface area contributed by atoms with Crippen molar-refractivity contribution in [2.24, 2.45) is 5.73 Å². The van der Waals surface area contributed by atoms with Gasteiger partial charge < -0.3 is 15.2 Å². The van der Waals surface area contributed by atoms with Crippen LogP contribution in [0.5, 0.6) is 0 Å². The molecule has 0 aliphatic carbocycles. The molecule has 0 aromatic carbocycles. The zero-order valence-electron chi connectivity index (χ0n) is 7.08. The monoisotopic (exact) mass is 159 g/mol. The molecule has 3 heteroatoms. The van der Waals surface area contributed by atoms with Gasteiger partial charge in [-0.3, -0.25) is 0 Å². The minimum Gasteiger partial charge on any atom is -0.379 e. The van der Waals surface area contributed by atoms with Gasteiger partial charge >= 0.3 is 0 Å². The van der Waals surface area contributed by atoms with Crippen LogP contribution in [0.4, 0.5) is 0 Å². The van der Waals surface area contributed by atoms with E-state index in [1.807, 2.05) is 0 Å². The Morgan fingerprint density at radius 3 is 3.09 bits per heavy atom. The molecule has 66 valence electrons. The van der Waals surface area contributed by atoms with E-state index in [0.717, 1.165) is 26.1 Å². The number of hydrogen-bond acceptors (Lipinski definition) is 3. The maximum absolute atomic E-state index is 5.81. The van der Waals surface area contributed by atoms with Gasteiger partial charge in [-0.05, 0) is 12.8 Å². The standard InChI is InChI=1S/C8H17NO2/c1-2-4-11-8-6-10-5-3-7(8)9/h7-8H,2-6,9H2,1H3. The average Bonchev–Trinajstić information content (AvgIpc) is 2.03. The highest BCUT2D eigenvalue weighted by atomic mass is 16.5. The van der Waals surface area contributed by atoms with Gasteiger partial charge in [0, 0.05) is 19.3 Å². The third-order valence-corrected chi connectivity index (χ3v) is 1.89. The summed E-state index contributed by atoms with van der Waals surface area (Å²) in [5, 5.41) is 0. The van der Waals surface area contributed by atoms with E-state index in [9.17, 15) is 0 Å². The highest BCUT2D eigenvalue weighted by Crippen LogP contribution is 2.08. The second-order valence-corrected chi connectivity index (χ2v) is 2.94. The van der Waals surface area contributed by atoms with Crippen LogP contribution in [-0.2, 0) is 9.47 Å². The van der Waals surface area contributed by atoms with E-state index >= 15 is 0 Å². The first kappa shape index (κ1) is 8.97. The minimum atomic E-state index is 0.128. The molecule has 1 rings (SSSR count). The number of rotatable bonds is 3. The highest BCUT2D eigenvalue weighted by Gasteiger charge is 2.22. The molecule has 0 amide bonds. The molecule has 0 aromatic heterocycles. The molecule has 2 atom stereocenters. The molecule has 0 aromatic rings. The van der Waals surface area contributed by atoms with Crippen LogP contribution in [0, 0.1) is 0 Å². The van der Waals surface area contributed by atoms with Crippen LogP contribution in [0.2, 0.25) is 0 Å². The average molecular weight is 159 g/mol. The molecule has 1 heterocycles. The van der Waals surface area contributed by atoms with Gasteiger partial charge in [0.15, 0.2) is 0 Å². The lowest BCUT2D eigenvalue weighted by atomic mass is 10.1. The van der Waals surface area contributed by atoms with E-state index in [0.29, 0.717) is 6.61 Å². The van der Waals surface area contributed by atoms with Gasteiger partial charge in [0.1, 0.15) is 0 Å². The van der Waals surface area contributed by atoms with Crippen molar-refractivity contribution in [1.82, 2.24) is 0 Å². The van der Waals surface area contributed by atoms with Crippen LogP contribution in [-0.4, -0.2) is 32.0 Å². The topological polar surface area (TPSA) is 44.5 Å². The summed E-state index contributed by atoms with van der Waals surface area (Å²) in [7, 11) is 0. The summed E-state index contributed by atoms with van der Waals surface area (Å²) < 4.78 is 10.7. The summed E-state index contributed by atoms with van der Waals surface area (Å²) >= 11 is 0. The first-order valence-corrected chi connectivity index (χ1v) is 4.29. The van der Waals surface area contributed by atoms with Crippen LogP contribution < -0.4 is 5.73 Å². The van der Waals surface area contributed by atoms with Crippen LogP contribution in [0.25, 0.3) is 0 Å². The number of ether oxygens (including phenoxy) is 2. The summed E-state index contributed by atoms with van der Waals surface area (Å²) in [6.45, 7) is 4.34. The fraction of sp³-hybridized carbons (Fsp3) is 1.00. The molecule has 1 fully saturated rings. The lowest BCUT2D eigenvalue weighted by molar-refractivity contribution is -0.0607. The van der Waals surface area contributed by atoms with Gasteiger partial charge in [-0.25, -0.2) is 0 Å². The largest absolute Gasteiger partial charge is 0.379 e. The smallest absolute Gasteiger partial charge is 0.0959 e. The summed E-state index contributed by atoms with van der Waals surface area (Å²) in [5.41, 5.74) is 5.81. The lowest BCUT2D eigenvalue weighted by Gasteiger charge is -2.28. The molecule has 0 saturated carbocycles. The third-order valence-electron chi connectivity index (χ3n) is 1.89. The molecule has 0 bridgehead atoms. The Bertz CT molecular complexity index is 108. The lowest BCUT2D eigenvalue weighted by Crippen LogP contribution is -2.44. The van der Waals surface area contributed by atoms with Gasteiger partial charge in [-0.1, -0.05) is 6.92 Å². The van der Waals surface area contributed by atoms with E-state index in [1.165, 1.54) is 0 Å². The van der Waals surface area contributed by atoms with Crippen LogP contribution in [0.15, 0.2) is 0 Å². The van der Waals surface area contributed by atoms with Gasteiger partial charge in [-0.15, -0.1) is 0 Å². The van der Waals surface area contributed by atoms with Crippen LogP contribution in [0.1, 0.15) is 19.8 Å². The Labute approximate surface area is 67.9 Å². The second kappa shape index (κ2) is 4.70. The molecular weight excluding hydrogens is 142 g/mol. The Hall–Kier alpha value is -0.120. The number of nitrogens with two attached hydrogens (primary N) is 1. The SMILES string of the molecule is CCCOC1COCCC1N. The van der Waals surface area contributed by atoms with Crippen molar-refractivity contribution in [3.63, 3.8) is 0 Å². The second-order valence-electron chi connectivity index (χ2n) is 2.94. The van der Waals surface area contributed by atoms with Crippen molar-refractivity contribution in [1.29, 1.82) is 0 Å². The van der Waals surface area contributed by atoms with Gasteiger partial charge in [0.2, 0.25) is 0 Å². The zero-order chi connectivity index (χ0) is 8.10. The molecule has 1 aliphatic rings. The Morgan fingerprint density at radius 2 is 2.45 bits per heavy atom. The van der Waals surface area contributed by atoms with E-state index in [-0.39, 0.29) is 12.1 Å². The van der Waals surface area contributed by atoms with E-state index in [1.54, 1.807) is 0 Å². The van der Waals surface area contributed by atoms with Crippen LogP contribution in [0.3, 0.4) is 0 Å². The first-order chi connectivity index (χ1) is 5.34. The summed E-state index contributed by atoms with van der Waals surface area (Å²) in [6, 6.07) is 0.176. The maximum atomic E-state index is 5.81. The molecule has 3 nitrogen and oxygen atoms in total. The van der Waals surface area contributed by atoms with Gasteiger partial charge in [-0.2, -0.15) is 0 Å². The molecule has 1 saturated heterocycles. The molecule has 0 spiro atoms. The molecule has 1 aliphatic heterocycles. The number of hydrogen-bond donors (Lipinski definition) is 1. The van der Waals surface area contributed by atoms with Crippen molar-refractivity contribution in [2.75, 3.05) is 19.8 Å². The van der Waals surface area contributed by atoms with E-state index in [4.69, 9.17) is 15.2 Å². The summed E-state index contributed by atoms with van der Waals surface area (Å²) in [6.07, 6.45) is 2.10. The van der Waals surface area contributed by atoms with E-state index in [2.05, 4.69) is 6.92 Å². The summed E-state index contributed by atoms with van der Waals surface area (Å²) in [4.78, 5) is 0. The Balaban J connectivity index is 2.18. The van der Waals surface area contributed by atoms with Crippen molar-refractivity contribution in [2.45, 2.75) is 31.9 Å². The highest BCUT2D eigenvalue weighted by molar-refractivity contribution is 4.76. The summed E-state index contributed by atoms with van der Waals surface area (Å²) in [5.74, 6) is 0. The van der Waals surface area contributed by atoms with Gasteiger partial charge in [0.25, 0.3) is 0 Å². The van der Waals surface area contributed by atoms with E-state index < -0.39 is 0 Å². The third kappa shape index (κ3) is 2.77. The normalized spacial score (nSPS) is 32.2. The molecule has 2 N–H and O–H groups in total. The predicted octanol–water partition coefficient (Wildman–Crippen LogP) is 0.529. The fourth-order valence-electron chi connectivity index (χ4n) is 1.17. The Kier molecular flexibility index (Phi) is 3.83. The molecular formula is C8H17NO2. The first-order valence-electron chi connectivity index (χ1n) is 4.29. The fourth-order valence-corrected chi connectivity index (χ4v) is 1.17. The van der Waals surface area contributed by atoms with Gasteiger partial charge in [0.05, 0.1) is 12.7 Å². The van der Waals surface area contributed by atoms with Crippen molar-refractivity contribution in [3.8, 4) is 0 Å².